The van der Waals surface area contributed by atoms with E-state index in [1.165, 1.54) is 26.9 Å². The lowest BCUT2D eigenvalue weighted by Crippen LogP contribution is -2.29. The third-order valence-corrected chi connectivity index (χ3v) is 5.67. The fraction of sp³-hybridized carbons (Fsp3) is 0. The van der Waals surface area contributed by atoms with Crippen LogP contribution in [0, 0.1) is 0 Å². The Morgan fingerprint density at radius 3 is 1.68 bits per heavy atom. The maximum atomic E-state index is 9.71. The predicted molar refractivity (Wildman–Crippen MR) is 116 cm³/mol. The number of hydrogen-bond acceptors (Lipinski definition) is 3. The van der Waals surface area contributed by atoms with Crippen LogP contribution in [0.5, 0.6) is 0 Å². The van der Waals surface area contributed by atoms with Crippen molar-refractivity contribution in [2.75, 3.05) is 0 Å². The van der Waals surface area contributed by atoms with Gasteiger partial charge in [-0.25, -0.2) is 0 Å². The topological polar surface area (TPSA) is 53.6 Å². The van der Waals surface area contributed by atoms with Crippen molar-refractivity contribution in [2.24, 2.45) is 0 Å². The third-order valence-electron chi connectivity index (χ3n) is 5.67. The lowest BCUT2D eigenvalue weighted by Gasteiger charge is -2.10. The van der Waals surface area contributed by atoms with Crippen LogP contribution in [-0.4, -0.2) is 17.2 Å². The van der Waals surface area contributed by atoms with Crippen molar-refractivity contribution in [2.45, 2.75) is 0 Å². The van der Waals surface area contributed by atoms with Crippen LogP contribution in [-0.2, 0) is 0 Å². The molecule has 0 bridgehead atoms. The van der Waals surface area contributed by atoms with E-state index in [9.17, 15) is 10.0 Å². The molecule has 0 radical (unpaired) electrons. The number of benzene rings is 5. The van der Waals surface area contributed by atoms with Gasteiger partial charge in [-0.3, -0.25) is 0 Å². The highest BCUT2D eigenvalue weighted by Crippen LogP contribution is 2.39. The standard InChI is InChI=1S/C24H15BO3/c26-25(27)22-11-5-10-18-21-12-19-16-8-3-1-6-14(16)15-7-2-4-9-17(15)20(19)13-23(21)28-24(18)22/h1-13,26-27H. The molecule has 4 heteroatoms. The Bertz CT molecular complexity index is 1550. The van der Waals surface area contributed by atoms with Gasteiger partial charge in [0.15, 0.2) is 0 Å². The van der Waals surface area contributed by atoms with E-state index in [1.807, 2.05) is 12.1 Å². The molecule has 0 saturated carbocycles. The summed E-state index contributed by atoms with van der Waals surface area (Å²) in [5.41, 5.74) is 1.65. The predicted octanol–water partition coefficient (Wildman–Crippen LogP) is 4.73. The Morgan fingerprint density at radius 1 is 0.536 bits per heavy atom. The van der Waals surface area contributed by atoms with Crippen molar-refractivity contribution in [1.29, 1.82) is 0 Å². The van der Waals surface area contributed by atoms with Crippen molar-refractivity contribution in [3.8, 4) is 0 Å². The number of furan rings is 1. The van der Waals surface area contributed by atoms with Gasteiger partial charge in [-0.15, -0.1) is 0 Å². The number of para-hydroxylation sites is 1. The van der Waals surface area contributed by atoms with Gasteiger partial charge >= 0.3 is 7.12 Å². The molecular weight excluding hydrogens is 347 g/mol. The molecule has 0 aliphatic heterocycles. The maximum absolute atomic E-state index is 9.71. The summed E-state index contributed by atoms with van der Waals surface area (Å²) >= 11 is 0. The SMILES string of the molecule is OB(O)c1cccc2c1oc1cc3c4ccccc4c4ccccc4c3cc12. The molecule has 0 aliphatic carbocycles. The first-order chi connectivity index (χ1) is 13.7. The molecule has 0 unspecified atom stereocenters. The Labute approximate surface area is 160 Å². The summed E-state index contributed by atoms with van der Waals surface area (Å²) in [6.45, 7) is 0. The molecule has 0 spiro atoms. The molecule has 0 saturated heterocycles. The van der Waals surface area contributed by atoms with Crippen LogP contribution in [0.1, 0.15) is 0 Å². The Morgan fingerprint density at radius 2 is 1.07 bits per heavy atom. The molecule has 28 heavy (non-hydrogen) atoms. The summed E-state index contributed by atoms with van der Waals surface area (Å²) in [7, 11) is -1.57. The van der Waals surface area contributed by atoms with Crippen LogP contribution in [0.3, 0.4) is 0 Å². The van der Waals surface area contributed by atoms with Gasteiger partial charge in [-0.2, -0.15) is 0 Å². The molecule has 1 heterocycles. The van der Waals surface area contributed by atoms with Crippen LogP contribution in [0.4, 0.5) is 0 Å². The van der Waals surface area contributed by atoms with Crippen LogP contribution in [0.15, 0.2) is 83.3 Å². The molecule has 132 valence electrons. The molecular formula is C24H15BO3. The van der Waals surface area contributed by atoms with Gasteiger partial charge < -0.3 is 14.5 Å². The van der Waals surface area contributed by atoms with Gasteiger partial charge in [0.1, 0.15) is 11.2 Å². The second-order valence-corrected chi connectivity index (χ2v) is 7.18. The zero-order valence-corrected chi connectivity index (χ0v) is 14.9. The Hall–Kier alpha value is -3.34. The molecule has 0 fully saturated rings. The summed E-state index contributed by atoms with van der Waals surface area (Å²) in [5.74, 6) is 0. The normalized spacial score (nSPS) is 11.9. The van der Waals surface area contributed by atoms with Gasteiger partial charge in [0.05, 0.1) is 0 Å². The average molecular weight is 362 g/mol. The van der Waals surface area contributed by atoms with E-state index in [2.05, 4.69) is 60.7 Å². The van der Waals surface area contributed by atoms with Crippen LogP contribution < -0.4 is 5.46 Å². The number of rotatable bonds is 1. The largest absolute Gasteiger partial charge is 0.492 e. The van der Waals surface area contributed by atoms with E-state index in [0.717, 1.165) is 21.7 Å². The second-order valence-electron chi connectivity index (χ2n) is 7.18. The minimum atomic E-state index is -1.57. The van der Waals surface area contributed by atoms with Crippen molar-refractivity contribution in [1.82, 2.24) is 0 Å². The lowest BCUT2D eigenvalue weighted by molar-refractivity contribution is 0.425. The van der Waals surface area contributed by atoms with E-state index in [0.29, 0.717) is 11.0 Å². The van der Waals surface area contributed by atoms with Gasteiger partial charge in [0.2, 0.25) is 0 Å². The van der Waals surface area contributed by atoms with E-state index in [4.69, 9.17) is 4.42 Å². The Balaban J connectivity index is 1.88. The summed E-state index contributed by atoms with van der Waals surface area (Å²) in [6, 6.07) is 26.6. The van der Waals surface area contributed by atoms with Gasteiger partial charge in [0.25, 0.3) is 0 Å². The monoisotopic (exact) mass is 362 g/mol. The summed E-state index contributed by atoms with van der Waals surface area (Å²) in [5, 5.41) is 28.4. The first kappa shape index (κ1) is 15.7. The van der Waals surface area contributed by atoms with E-state index >= 15 is 0 Å². The van der Waals surface area contributed by atoms with Crippen molar-refractivity contribution in [3.05, 3.63) is 78.9 Å². The highest BCUT2D eigenvalue weighted by atomic mass is 16.4. The van der Waals surface area contributed by atoms with Crippen LogP contribution in [0.25, 0.3) is 54.3 Å². The van der Waals surface area contributed by atoms with Crippen molar-refractivity contribution >= 4 is 66.8 Å². The van der Waals surface area contributed by atoms with Crippen LogP contribution in [0.2, 0.25) is 0 Å². The van der Waals surface area contributed by atoms with Gasteiger partial charge in [-0.05, 0) is 44.5 Å². The first-order valence-corrected chi connectivity index (χ1v) is 9.27. The third kappa shape index (κ3) is 2.01. The summed E-state index contributed by atoms with van der Waals surface area (Å²) < 4.78 is 6.09. The molecule has 0 atom stereocenters. The van der Waals surface area contributed by atoms with Crippen molar-refractivity contribution < 1.29 is 14.5 Å². The molecule has 5 aromatic carbocycles. The van der Waals surface area contributed by atoms with Gasteiger partial charge in [-0.1, -0.05) is 66.7 Å². The number of hydrogen-bond donors (Lipinski definition) is 2. The minimum Gasteiger partial charge on any atom is -0.456 e. The van der Waals surface area contributed by atoms with E-state index in [1.54, 1.807) is 6.07 Å². The zero-order chi connectivity index (χ0) is 18.8. The van der Waals surface area contributed by atoms with Crippen molar-refractivity contribution in [3.63, 3.8) is 0 Å². The second kappa shape index (κ2) is 5.58. The summed E-state index contributed by atoms with van der Waals surface area (Å²) in [4.78, 5) is 0. The zero-order valence-electron chi connectivity index (χ0n) is 14.9. The average Bonchev–Trinajstić information content (AvgIpc) is 3.10. The molecule has 1 aromatic heterocycles. The smallest absolute Gasteiger partial charge is 0.456 e. The molecule has 0 amide bonds. The molecule has 6 rings (SSSR count). The quantitative estimate of drug-likeness (QED) is 0.329. The maximum Gasteiger partial charge on any atom is 0.492 e. The molecule has 2 N–H and O–H groups in total. The minimum absolute atomic E-state index is 0.382. The Kier molecular flexibility index (Phi) is 3.13. The van der Waals surface area contributed by atoms with E-state index in [-0.39, 0.29) is 0 Å². The molecule has 0 aliphatic rings. The first-order valence-electron chi connectivity index (χ1n) is 9.27. The van der Waals surface area contributed by atoms with Gasteiger partial charge in [0, 0.05) is 16.2 Å². The highest BCUT2D eigenvalue weighted by Gasteiger charge is 2.20. The fourth-order valence-electron chi connectivity index (χ4n) is 4.42. The number of fused-ring (bicyclic) bond motifs is 9. The lowest BCUT2D eigenvalue weighted by atomic mass is 9.79. The van der Waals surface area contributed by atoms with Crippen LogP contribution >= 0.6 is 0 Å². The summed E-state index contributed by atoms with van der Waals surface area (Å²) in [6.07, 6.45) is 0. The van der Waals surface area contributed by atoms with E-state index < -0.39 is 7.12 Å². The highest BCUT2D eigenvalue weighted by molar-refractivity contribution is 6.61. The molecule has 6 aromatic rings. The fourth-order valence-corrected chi connectivity index (χ4v) is 4.42. The molecule has 3 nitrogen and oxygen atoms in total.